The number of nitrogens with two attached hydrogens (primary N) is 5. The van der Waals surface area contributed by atoms with Crippen LogP contribution in [-0.4, -0.2) is 161 Å². The number of aromatic nitrogens is 2. The summed E-state index contributed by atoms with van der Waals surface area (Å²) in [6.07, 6.45) is 6.06. The van der Waals surface area contributed by atoms with Gasteiger partial charge in [-0.3, -0.25) is 49.2 Å². The van der Waals surface area contributed by atoms with E-state index in [4.69, 9.17) is 39.5 Å². The second kappa shape index (κ2) is 38.8. The molecule has 92 heavy (non-hydrogen) atoms. The fourth-order valence-electron chi connectivity index (χ4n) is 10.6. The molecule has 0 bridgehead atoms. The molecule has 508 valence electrons. The van der Waals surface area contributed by atoms with Crippen molar-refractivity contribution in [1.29, 1.82) is 10.8 Å². The molecule has 0 aliphatic heterocycles. The van der Waals surface area contributed by atoms with Crippen molar-refractivity contribution in [2.24, 2.45) is 46.4 Å². The standard InChI is InChI=1S/C63H101N19O10/c1-35(2)29-49(57(87)78-48(61(91)92)22-12-14-26-65)80-58(88)50(30-36(3)4)79-55(85)45(21-11-13-25-64)76-54(84)47(24-16-28-72-63(69)70)77-60(90)52(37(5)6)82-59(89)51(32-39-34-74-44-20-10-8-18-41(39)44)81-56(86)46(23-15-27-71-62(67)68)75-53(83)42(66)31-38-33-73-43-19-9-7-17-40(38)43/h7-10,17-20,33-37,42,45-52,73-74H,11-16,21-32,64-66H2,1-6H3,(H,75,83)(H,76,84)(H,77,90)(H,78,87)(H,79,85)(H,80,88)(H,81,86)(H,82,89)(H,91,92)(H4,67,68,71)(H4,69,70,72)/t42-,45-,46-,47-,48-,49-,50-,51-,52-/m0/s1. The first-order valence-corrected chi connectivity index (χ1v) is 31.8. The van der Waals surface area contributed by atoms with E-state index in [0.29, 0.717) is 37.8 Å². The molecule has 29 heteroatoms. The van der Waals surface area contributed by atoms with Crippen LogP contribution in [-0.2, 0) is 56.0 Å². The van der Waals surface area contributed by atoms with Gasteiger partial charge in [-0.25, -0.2) is 4.79 Å². The maximum Gasteiger partial charge on any atom is 0.326 e. The van der Waals surface area contributed by atoms with E-state index >= 15 is 0 Å². The van der Waals surface area contributed by atoms with Gasteiger partial charge in [0.05, 0.1) is 6.04 Å². The highest BCUT2D eigenvalue weighted by molar-refractivity contribution is 5.99. The van der Waals surface area contributed by atoms with Crippen LogP contribution in [0.15, 0.2) is 60.9 Å². The largest absolute Gasteiger partial charge is 0.480 e. The third-order valence-electron chi connectivity index (χ3n) is 15.5. The number of carbonyl (C=O) groups excluding carboxylic acids is 8. The zero-order valence-electron chi connectivity index (χ0n) is 53.9. The zero-order chi connectivity index (χ0) is 68.0. The minimum atomic E-state index is -1.38. The Bertz CT molecular complexity index is 3090. The van der Waals surface area contributed by atoms with Gasteiger partial charge in [-0.2, -0.15) is 0 Å². The number of unbranched alkanes of at least 4 members (excludes halogenated alkanes) is 2. The van der Waals surface area contributed by atoms with Crippen molar-refractivity contribution in [1.82, 2.24) is 63.1 Å². The number of carboxylic acids is 1. The maximum atomic E-state index is 14.9. The summed E-state index contributed by atoms with van der Waals surface area (Å²) in [6.45, 7) is 11.5. The molecule has 0 aliphatic rings. The quantitative estimate of drug-likeness (QED) is 0.0161. The molecule has 29 nitrogen and oxygen atoms in total. The predicted octanol–water partition coefficient (Wildman–Crippen LogP) is 0.257. The van der Waals surface area contributed by atoms with Gasteiger partial charge in [0.2, 0.25) is 47.3 Å². The molecule has 0 fully saturated rings. The lowest BCUT2D eigenvalue weighted by Gasteiger charge is -2.29. The third-order valence-corrected chi connectivity index (χ3v) is 15.5. The van der Waals surface area contributed by atoms with E-state index in [1.54, 1.807) is 26.2 Å². The van der Waals surface area contributed by atoms with Crippen molar-refractivity contribution < 1.29 is 48.3 Å². The zero-order valence-corrected chi connectivity index (χ0v) is 53.9. The second-order valence-electron chi connectivity index (χ2n) is 24.5. The van der Waals surface area contributed by atoms with E-state index in [2.05, 4.69) is 63.1 Å². The number of hydrogen-bond acceptors (Lipinski definition) is 14. The Morgan fingerprint density at radius 3 is 1.24 bits per heavy atom. The van der Waals surface area contributed by atoms with Crippen molar-refractivity contribution in [3.63, 3.8) is 0 Å². The van der Waals surface area contributed by atoms with Gasteiger partial charge in [0.25, 0.3) is 0 Å². The van der Waals surface area contributed by atoms with Gasteiger partial charge >= 0.3 is 5.97 Å². The highest BCUT2D eigenvalue weighted by Gasteiger charge is 2.37. The number of hydrogen-bond donors (Lipinski definition) is 20. The molecule has 4 rings (SSSR count). The number of aromatic amines is 2. The Kier molecular flexibility index (Phi) is 31.9. The molecule has 2 heterocycles. The van der Waals surface area contributed by atoms with Crippen molar-refractivity contribution in [2.75, 3.05) is 26.2 Å². The first-order chi connectivity index (χ1) is 43.7. The highest BCUT2D eigenvalue weighted by Crippen LogP contribution is 2.22. The summed E-state index contributed by atoms with van der Waals surface area (Å²) in [6, 6.07) is 3.48. The van der Waals surface area contributed by atoms with Crippen LogP contribution in [0.3, 0.4) is 0 Å². The third kappa shape index (κ3) is 25.5. The Morgan fingerprint density at radius 2 is 0.815 bits per heavy atom. The molecule has 25 N–H and O–H groups in total. The van der Waals surface area contributed by atoms with Crippen molar-refractivity contribution in [3.05, 3.63) is 72.1 Å². The van der Waals surface area contributed by atoms with Crippen LogP contribution >= 0.6 is 0 Å². The van der Waals surface area contributed by atoms with Crippen LogP contribution in [0.2, 0.25) is 0 Å². The molecule has 0 aliphatic carbocycles. The summed E-state index contributed by atoms with van der Waals surface area (Å²) in [5.41, 5.74) is 32.1. The molecule has 9 atom stereocenters. The van der Waals surface area contributed by atoms with E-state index in [1.165, 1.54) is 0 Å². The molecule has 2 aromatic heterocycles. The number of H-pyrrole nitrogens is 2. The monoisotopic (exact) mass is 1280 g/mol. The number of amides is 8. The summed E-state index contributed by atoms with van der Waals surface area (Å²) < 4.78 is 0. The van der Waals surface area contributed by atoms with Gasteiger partial charge in [0.1, 0.15) is 48.3 Å². The van der Waals surface area contributed by atoms with Gasteiger partial charge in [0.15, 0.2) is 11.9 Å². The number of rotatable bonds is 42. The maximum absolute atomic E-state index is 14.9. The summed E-state index contributed by atoms with van der Waals surface area (Å²) in [5.74, 6) is -8.80. The normalized spacial score (nSPS) is 14.3. The molecular formula is C63H101N19O10. The van der Waals surface area contributed by atoms with Crippen LogP contribution in [0, 0.1) is 28.6 Å². The lowest BCUT2D eigenvalue weighted by Crippen LogP contribution is -2.61. The SMILES string of the molecule is CC(C)C[C@H](NC(=O)[C@H](CC(C)C)NC(=O)[C@H](CCCCN)NC(=O)[C@H](CCCNC(=N)N)NC(=O)[C@@H](NC(=O)[C@H](Cc1c[nH]c2ccccc12)NC(=O)[C@H](CCCNC(=N)N)NC(=O)[C@@H](N)Cc1c[nH]c2ccccc12)C(C)C)C(=O)N[C@@H](CCCCN)C(=O)O. The summed E-state index contributed by atoms with van der Waals surface area (Å²) in [4.78, 5) is 134. The lowest BCUT2D eigenvalue weighted by molar-refractivity contribution is -0.142. The Hall–Kier alpha value is -8.83. The van der Waals surface area contributed by atoms with Crippen molar-refractivity contribution in [2.45, 2.75) is 186 Å². The van der Waals surface area contributed by atoms with Crippen molar-refractivity contribution >= 4 is 87.0 Å². The van der Waals surface area contributed by atoms with Crippen LogP contribution in [0.5, 0.6) is 0 Å². The summed E-state index contributed by atoms with van der Waals surface area (Å²) in [5, 5.41) is 54.3. The fourth-order valence-corrected chi connectivity index (χ4v) is 10.6. The molecule has 0 unspecified atom stereocenters. The van der Waals surface area contributed by atoms with Gasteiger partial charge in [-0.15, -0.1) is 0 Å². The van der Waals surface area contributed by atoms with Gasteiger partial charge in [-0.05, 0) is 138 Å². The van der Waals surface area contributed by atoms with E-state index < -0.39 is 114 Å². The van der Waals surface area contributed by atoms with E-state index in [9.17, 15) is 48.3 Å². The number of nitrogens with one attached hydrogen (secondary N) is 14. The molecule has 0 spiro atoms. The van der Waals surface area contributed by atoms with E-state index in [-0.39, 0.29) is 108 Å². The highest BCUT2D eigenvalue weighted by atomic mass is 16.4. The smallest absolute Gasteiger partial charge is 0.326 e. The van der Waals surface area contributed by atoms with Crippen LogP contribution in [0.1, 0.15) is 130 Å². The van der Waals surface area contributed by atoms with Gasteiger partial charge in [0, 0.05) is 53.7 Å². The molecule has 0 saturated carbocycles. The summed E-state index contributed by atoms with van der Waals surface area (Å²) in [7, 11) is 0. The summed E-state index contributed by atoms with van der Waals surface area (Å²) >= 11 is 0. The number of carbonyl (C=O) groups is 9. The van der Waals surface area contributed by atoms with Crippen LogP contribution in [0.25, 0.3) is 21.8 Å². The molecule has 0 radical (unpaired) electrons. The molecule has 0 saturated heterocycles. The first-order valence-electron chi connectivity index (χ1n) is 31.8. The first kappa shape index (κ1) is 75.6. The second-order valence-corrected chi connectivity index (χ2v) is 24.5. The van der Waals surface area contributed by atoms with Crippen LogP contribution < -0.4 is 81.8 Å². The number of para-hydroxylation sites is 2. The Morgan fingerprint density at radius 1 is 0.457 bits per heavy atom. The fraction of sp³-hybridized carbons (Fsp3) is 0.571. The average Bonchev–Trinajstić information content (AvgIpc) is 1.83. The molecule has 4 aromatic rings. The number of guanidine groups is 2. The minimum Gasteiger partial charge on any atom is -0.480 e. The van der Waals surface area contributed by atoms with Gasteiger partial charge in [-0.1, -0.05) is 77.9 Å². The number of fused-ring (bicyclic) bond motifs is 2. The molecular weight excluding hydrogens is 1180 g/mol. The Balaban J connectivity index is 1.63. The van der Waals surface area contributed by atoms with Gasteiger partial charge < -0.3 is 96.9 Å². The number of benzene rings is 2. The predicted molar refractivity (Wildman–Crippen MR) is 353 cm³/mol. The van der Waals surface area contributed by atoms with E-state index in [1.807, 2.05) is 76.2 Å². The Labute approximate surface area is 537 Å². The number of aliphatic carboxylic acids is 1. The minimum absolute atomic E-state index is 0.0263. The van der Waals surface area contributed by atoms with Crippen LogP contribution in [0.4, 0.5) is 0 Å². The molecule has 8 amide bonds. The number of carboxylic acid groups (broad SMARTS) is 1. The van der Waals surface area contributed by atoms with Crippen molar-refractivity contribution in [3.8, 4) is 0 Å². The lowest BCUT2D eigenvalue weighted by atomic mass is 9.98. The topological polar surface area (TPSA) is 504 Å². The average molecular weight is 1280 g/mol. The van der Waals surface area contributed by atoms with E-state index in [0.717, 1.165) is 27.4 Å². The molecule has 2 aromatic carbocycles.